The molecule has 2 rings (SSSR count). The van der Waals surface area contributed by atoms with Gasteiger partial charge in [-0.05, 0) is 54.0 Å². The van der Waals surface area contributed by atoms with Gasteiger partial charge in [0.05, 0.1) is 5.69 Å². The van der Waals surface area contributed by atoms with E-state index in [1.54, 1.807) is 0 Å². The van der Waals surface area contributed by atoms with Crippen LogP contribution in [0.2, 0.25) is 0 Å². The predicted octanol–water partition coefficient (Wildman–Crippen LogP) is 2.49. The Morgan fingerprint density at radius 2 is 2.27 bits per heavy atom. The van der Waals surface area contributed by atoms with E-state index in [2.05, 4.69) is 50.4 Å². The summed E-state index contributed by atoms with van der Waals surface area (Å²) in [6.45, 7) is 3.47. The monoisotopic (exact) mass is 268 g/mol. The molecule has 0 aliphatic carbocycles. The zero-order chi connectivity index (χ0) is 10.7. The van der Waals surface area contributed by atoms with Crippen molar-refractivity contribution in [1.29, 1.82) is 0 Å². The molecule has 1 aliphatic rings. The summed E-state index contributed by atoms with van der Waals surface area (Å²) in [7, 11) is 2.03. The molecule has 1 heterocycles. The zero-order valence-electron chi connectivity index (χ0n) is 9.04. The zero-order valence-corrected chi connectivity index (χ0v) is 10.6. The molecule has 82 valence electrons. The third-order valence-corrected chi connectivity index (χ3v) is 3.64. The largest absolute Gasteiger partial charge is 0.370 e. The lowest BCUT2D eigenvalue weighted by atomic mass is 10.1. The van der Waals surface area contributed by atoms with Crippen LogP contribution in [0.4, 0.5) is 5.69 Å². The molecule has 1 aliphatic heterocycles. The highest BCUT2D eigenvalue weighted by Crippen LogP contribution is 2.30. The van der Waals surface area contributed by atoms with Crippen molar-refractivity contribution in [3.8, 4) is 0 Å². The van der Waals surface area contributed by atoms with Crippen molar-refractivity contribution in [2.24, 2.45) is 5.92 Å². The van der Waals surface area contributed by atoms with Gasteiger partial charge < -0.3 is 10.2 Å². The smallest absolute Gasteiger partial charge is 0.0510 e. The number of anilines is 1. The van der Waals surface area contributed by atoms with Crippen LogP contribution in [-0.2, 0) is 0 Å². The average Bonchev–Trinajstić information content (AvgIpc) is 2.68. The first kappa shape index (κ1) is 11.0. The number of hydrogen-bond acceptors (Lipinski definition) is 2. The van der Waals surface area contributed by atoms with Gasteiger partial charge in [0, 0.05) is 17.6 Å². The number of para-hydroxylation sites is 1. The van der Waals surface area contributed by atoms with Gasteiger partial charge in [0.25, 0.3) is 0 Å². The van der Waals surface area contributed by atoms with Crippen molar-refractivity contribution in [3.05, 3.63) is 28.7 Å². The Kier molecular flexibility index (Phi) is 3.65. The molecule has 1 unspecified atom stereocenters. The maximum atomic E-state index is 3.61. The van der Waals surface area contributed by atoms with Crippen LogP contribution in [0.3, 0.4) is 0 Å². The second-order valence-electron chi connectivity index (χ2n) is 4.11. The SMILES string of the molecule is CNCC1CCN(c2ccccc2Br)C1. The number of rotatable bonds is 3. The maximum absolute atomic E-state index is 3.61. The summed E-state index contributed by atoms with van der Waals surface area (Å²) in [5.74, 6) is 0.794. The molecule has 1 aromatic carbocycles. The topological polar surface area (TPSA) is 15.3 Å². The Hall–Kier alpha value is -0.540. The summed E-state index contributed by atoms with van der Waals surface area (Å²) in [5.41, 5.74) is 1.33. The van der Waals surface area contributed by atoms with Crippen LogP contribution in [0.25, 0.3) is 0 Å². The molecule has 1 saturated heterocycles. The van der Waals surface area contributed by atoms with E-state index >= 15 is 0 Å². The standard InChI is InChI=1S/C12H17BrN2/c1-14-8-10-6-7-15(9-10)12-5-3-2-4-11(12)13/h2-5,10,14H,6-9H2,1H3. The minimum atomic E-state index is 0.794. The second kappa shape index (κ2) is 4.99. The lowest BCUT2D eigenvalue weighted by Crippen LogP contribution is -2.24. The van der Waals surface area contributed by atoms with Gasteiger partial charge in [0.1, 0.15) is 0 Å². The average molecular weight is 269 g/mol. The van der Waals surface area contributed by atoms with Crippen molar-refractivity contribution < 1.29 is 0 Å². The number of benzene rings is 1. The fourth-order valence-electron chi connectivity index (χ4n) is 2.21. The Morgan fingerprint density at radius 3 is 3.00 bits per heavy atom. The molecule has 1 atom stereocenters. The molecular weight excluding hydrogens is 252 g/mol. The van der Waals surface area contributed by atoms with Crippen molar-refractivity contribution in [1.82, 2.24) is 5.32 Å². The third-order valence-electron chi connectivity index (χ3n) is 2.97. The molecule has 0 aromatic heterocycles. The van der Waals surface area contributed by atoms with Crippen LogP contribution < -0.4 is 10.2 Å². The molecule has 1 fully saturated rings. The molecule has 0 spiro atoms. The van der Waals surface area contributed by atoms with E-state index in [0.29, 0.717) is 0 Å². The fourth-order valence-corrected chi connectivity index (χ4v) is 2.75. The Balaban J connectivity index is 2.04. The summed E-state index contributed by atoms with van der Waals surface area (Å²) in [6.07, 6.45) is 1.29. The van der Waals surface area contributed by atoms with E-state index < -0.39 is 0 Å². The Bertz CT molecular complexity index is 327. The number of nitrogens with one attached hydrogen (secondary N) is 1. The molecule has 1 aromatic rings. The lowest BCUT2D eigenvalue weighted by molar-refractivity contribution is 0.549. The molecule has 15 heavy (non-hydrogen) atoms. The normalized spacial score (nSPS) is 20.9. The fraction of sp³-hybridized carbons (Fsp3) is 0.500. The van der Waals surface area contributed by atoms with E-state index in [1.807, 2.05) is 7.05 Å². The van der Waals surface area contributed by atoms with E-state index in [0.717, 1.165) is 12.5 Å². The molecule has 1 N–H and O–H groups in total. The molecule has 0 bridgehead atoms. The number of halogens is 1. The van der Waals surface area contributed by atoms with Crippen LogP contribution in [0.1, 0.15) is 6.42 Å². The summed E-state index contributed by atoms with van der Waals surface area (Å²) in [4.78, 5) is 2.46. The number of nitrogens with zero attached hydrogens (tertiary/aromatic N) is 1. The molecule has 0 amide bonds. The first-order valence-electron chi connectivity index (χ1n) is 5.45. The molecule has 0 radical (unpaired) electrons. The van der Waals surface area contributed by atoms with Gasteiger partial charge in [-0.1, -0.05) is 12.1 Å². The van der Waals surface area contributed by atoms with Crippen molar-refractivity contribution >= 4 is 21.6 Å². The van der Waals surface area contributed by atoms with Gasteiger partial charge in [-0.25, -0.2) is 0 Å². The number of hydrogen-bond donors (Lipinski definition) is 1. The summed E-state index contributed by atoms with van der Waals surface area (Å²) in [5, 5.41) is 3.26. The predicted molar refractivity (Wildman–Crippen MR) is 68.4 cm³/mol. The van der Waals surface area contributed by atoms with Crippen molar-refractivity contribution in [3.63, 3.8) is 0 Å². The van der Waals surface area contributed by atoms with Crippen LogP contribution >= 0.6 is 15.9 Å². The Morgan fingerprint density at radius 1 is 1.47 bits per heavy atom. The van der Waals surface area contributed by atoms with Crippen LogP contribution in [0, 0.1) is 5.92 Å². The van der Waals surface area contributed by atoms with Gasteiger partial charge in [-0.3, -0.25) is 0 Å². The summed E-state index contributed by atoms with van der Waals surface area (Å²) >= 11 is 3.61. The second-order valence-corrected chi connectivity index (χ2v) is 4.96. The van der Waals surface area contributed by atoms with Gasteiger partial charge in [-0.2, -0.15) is 0 Å². The van der Waals surface area contributed by atoms with E-state index in [9.17, 15) is 0 Å². The lowest BCUT2D eigenvalue weighted by Gasteiger charge is -2.20. The molecule has 3 heteroatoms. The van der Waals surface area contributed by atoms with Crippen molar-refractivity contribution in [2.75, 3.05) is 31.6 Å². The first-order valence-corrected chi connectivity index (χ1v) is 6.24. The molecular formula is C12H17BrN2. The summed E-state index contributed by atoms with van der Waals surface area (Å²) < 4.78 is 1.20. The van der Waals surface area contributed by atoms with Crippen LogP contribution in [0.5, 0.6) is 0 Å². The van der Waals surface area contributed by atoms with Gasteiger partial charge in [0.15, 0.2) is 0 Å². The van der Waals surface area contributed by atoms with Gasteiger partial charge >= 0.3 is 0 Å². The van der Waals surface area contributed by atoms with Crippen molar-refractivity contribution in [2.45, 2.75) is 6.42 Å². The molecule has 0 saturated carbocycles. The van der Waals surface area contributed by atoms with Gasteiger partial charge in [-0.15, -0.1) is 0 Å². The summed E-state index contributed by atoms with van der Waals surface area (Å²) in [6, 6.07) is 8.47. The van der Waals surface area contributed by atoms with E-state index in [4.69, 9.17) is 0 Å². The maximum Gasteiger partial charge on any atom is 0.0510 e. The highest BCUT2D eigenvalue weighted by Gasteiger charge is 2.22. The molecule has 2 nitrogen and oxygen atoms in total. The van der Waals surface area contributed by atoms with Crippen LogP contribution in [0.15, 0.2) is 28.7 Å². The minimum Gasteiger partial charge on any atom is -0.370 e. The van der Waals surface area contributed by atoms with Gasteiger partial charge in [0.2, 0.25) is 0 Å². The first-order chi connectivity index (χ1) is 7.31. The van der Waals surface area contributed by atoms with E-state index in [1.165, 1.54) is 29.7 Å². The highest BCUT2D eigenvalue weighted by atomic mass is 79.9. The minimum absolute atomic E-state index is 0.794. The van der Waals surface area contributed by atoms with Crippen LogP contribution in [-0.4, -0.2) is 26.7 Å². The Labute approximate surface area is 99.8 Å². The quantitative estimate of drug-likeness (QED) is 0.907. The third kappa shape index (κ3) is 2.52. The van der Waals surface area contributed by atoms with E-state index in [-0.39, 0.29) is 0 Å². The highest BCUT2D eigenvalue weighted by molar-refractivity contribution is 9.10.